The molecule has 11 heteroatoms. The van der Waals surface area contributed by atoms with Crippen LogP contribution in [0, 0.1) is 0 Å². The van der Waals surface area contributed by atoms with Crippen LogP contribution >= 0.6 is 0 Å². The molecule has 0 amide bonds. The molecule has 0 bridgehead atoms. The third kappa shape index (κ3) is 7.94. The van der Waals surface area contributed by atoms with E-state index in [-0.39, 0.29) is 4.31 Å². The van der Waals surface area contributed by atoms with Gasteiger partial charge in [0.25, 0.3) is 0 Å². The van der Waals surface area contributed by atoms with E-state index in [2.05, 4.69) is 4.74 Å². The number of nitrogens with zero attached hydrogens (tertiary/aromatic N) is 1. The second kappa shape index (κ2) is 7.43. The minimum Gasteiger partial charge on any atom is -0.481 e. The maximum atomic E-state index is 12.3. The van der Waals surface area contributed by atoms with Crippen LogP contribution in [0.25, 0.3) is 0 Å². The molecule has 0 radical (unpaired) electrons. The summed E-state index contributed by atoms with van der Waals surface area (Å²) in [5.74, 6) is -3.29. The fourth-order valence-corrected chi connectivity index (χ4v) is 2.58. The number of hydrogen-bond acceptors (Lipinski definition) is 5. The van der Waals surface area contributed by atoms with Crippen LogP contribution in [0.2, 0.25) is 0 Å². The third-order valence-electron chi connectivity index (χ3n) is 2.12. The standard InChI is InChI=1S/C9H14F3NO6S/c1-19-8(16)2-4-13(6-9(10,11)12)20(17,18)5-3-7(14)15/h2-6H2,1H3,(H,14,15). The Balaban J connectivity index is 4.90. The fourth-order valence-electron chi connectivity index (χ4n) is 1.18. The van der Waals surface area contributed by atoms with Gasteiger partial charge in [0, 0.05) is 6.54 Å². The van der Waals surface area contributed by atoms with Gasteiger partial charge in [0.15, 0.2) is 0 Å². The number of rotatable bonds is 8. The Morgan fingerprint density at radius 3 is 2.20 bits per heavy atom. The topological polar surface area (TPSA) is 101 Å². The molecule has 0 unspecified atom stereocenters. The van der Waals surface area contributed by atoms with Crippen molar-refractivity contribution in [3.8, 4) is 0 Å². The minimum absolute atomic E-state index is 0.0346. The molecule has 0 aromatic rings. The lowest BCUT2D eigenvalue weighted by Crippen LogP contribution is -2.41. The molecule has 7 nitrogen and oxygen atoms in total. The Morgan fingerprint density at radius 2 is 1.80 bits per heavy atom. The SMILES string of the molecule is COC(=O)CCN(CC(F)(F)F)S(=O)(=O)CCC(=O)O. The molecule has 0 aliphatic rings. The van der Waals surface area contributed by atoms with Crippen molar-refractivity contribution in [3.63, 3.8) is 0 Å². The van der Waals surface area contributed by atoms with Gasteiger partial charge in [-0.25, -0.2) is 8.42 Å². The van der Waals surface area contributed by atoms with Crippen LogP contribution in [0.3, 0.4) is 0 Å². The highest BCUT2D eigenvalue weighted by Gasteiger charge is 2.36. The van der Waals surface area contributed by atoms with E-state index in [4.69, 9.17) is 5.11 Å². The van der Waals surface area contributed by atoms with Crippen molar-refractivity contribution in [2.24, 2.45) is 0 Å². The highest BCUT2D eigenvalue weighted by atomic mass is 32.2. The van der Waals surface area contributed by atoms with Crippen molar-refractivity contribution >= 4 is 22.0 Å². The molecule has 0 saturated heterocycles. The number of carbonyl (C=O) groups is 2. The van der Waals surface area contributed by atoms with Crippen molar-refractivity contribution in [1.29, 1.82) is 0 Å². The highest BCUT2D eigenvalue weighted by Crippen LogP contribution is 2.19. The van der Waals surface area contributed by atoms with E-state index in [9.17, 15) is 31.2 Å². The predicted octanol–water partition coefficient (Wildman–Crippen LogP) is 0.218. The number of methoxy groups -OCH3 is 1. The summed E-state index contributed by atoms with van der Waals surface area (Å²) in [5.41, 5.74) is 0. The molecule has 0 fully saturated rings. The van der Waals surface area contributed by atoms with Crippen LogP contribution in [0.4, 0.5) is 13.2 Å². The van der Waals surface area contributed by atoms with Crippen LogP contribution < -0.4 is 0 Å². The number of esters is 1. The quantitative estimate of drug-likeness (QED) is 0.642. The molecular weight excluding hydrogens is 307 g/mol. The molecule has 20 heavy (non-hydrogen) atoms. The number of halogens is 3. The average molecular weight is 321 g/mol. The van der Waals surface area contributed by atoms with Gasteiger partial charge in [-0.1, -0.05) is 0 Å². The van der Waals surface area contributed by atoms with Crippen LogP contribution in [-0.2, 0) is 24.3 Å². The monoisotopic (exact) mass is 321 g/mol. The summed E-state index contributed by atoms with van der Waals surface area (Å²) in [6.45, 7) is -2.51. The summed E-state index contributed by atoms with van der Waals surface area (Å²) < 4.78 is 64.4. The Morgan fingerprint density at radius 1 is 1.25 bits per heavy atom. The highest BCUT2D eigenvalue weighted by molar-refractivity contribution is 7.89. The lowest BCUT2D eigenvalue weighted by molar-refractivity contribution is -0.144. The van der Waals surface area contributed by atoms with Gasteiger partial charge in [0.2, 0.25) is 10.0 Å². The number of carboxylic acid groups (broad SMARTS) is 1. The van der Waals surface area contributed by atoms with Crippen LogP contribution in [0.1, 0.15) is 12.8 Å². The zero-order chi connectivity index (χ0) is 16.0. The minimum atomic E-state index is -4.80. The molecule has 0 atom stereocenters. The average Bonchev–Trinajstić information content (AvgIpc) is 2.30. The first-order valence-electron chi connectivity index (χ1n) is 5.31. The second-order valence-electron chi connectivity index (χ2n) is 3.73. The number of carbonyl (C=O) groups excluding carboxylic acids is 1. The molecule has 0 aromatic carbocycles. The summed E-state index contributed by atoms with van der Waals surface area (Å²) in [4.78, 5) is 21.1. The van der Waals surface area contributed by atoms with E-state index in [1.165, 1.54) is 0 Å². The number of sulfonamides is 1. The van der Waals surface area contributed by atoms with E-state index in [1.54, 1.807) is 0 Å². The van der Waals surface area contributed by atoms with Crippen molar-refractivity contribution in [3.05, 3.63) is 0 Å². The first-order chi connectivity index (χ1) is 8.98. The molecule has 0 aliphatic carbocycles. The zero-order valence-electron chi connectivity index (χ0n) is 10.5. The summed E-state index contributed by atoms with van der Waals surface area (Å²) in [6.07, 6.45) is -6.18. The molecule has 0 saturated carbocycles. The Labute approximate surface area is 113 Å². The lowest BCUT2D eigenvalue weighted by Gasteiger charge is -2.22. The third-order valence-corrected chi connectivity index (χ3v) is 3.93. The van der Waals surface area contributed by atoms with E-state index in [0.29, 0.717) is 0 Å². The van der Waals surface area contributed by atoms with E-state index in [0.717, 1.165) is 7.11 Å². The van der Waals surface area contributed by atoms with Gasteiger partial charge in [0.05, 0.1) is 25.7 Å². The van der Waals surface area contributed by atoms with E-state index >= 15 is 0 Å². The number of hydrogen-bond donors (Lipinski definition) is 1. The van der Waals surface area contributed by atoms with Gasteiger partial charge >= 0.3 is 18.1 Å². The number of ether oxygens (including phenoxy) is 1. The van der Waals surface area contributed by atoms with Crippen molar-refractivity contribution in [2.75, 3.05) is 26.0 Å². The van der Waals surface area contributed by atoms with Crippen molar-refractivity contribution in [2.45, 2.75) is 19.0 Å². The predicted molar refractivity (Wildman–Crippen MR) is 60.3 cm³/mol. The molecule has 1 N–H and O–H groups in total. The first-order valence-corrected chi connectivity index (χ1v) is 6.92. The van der Waals surface area contributed by atoms with Crippen LogP contribution in [-0.4, -0.2) is 61.9 Å². The normalized spacial score (nSPS) is 12.4. The van der Waals surface area contributed by atoms with Gasteiger partial charge in [0.1, 0.15) is 6.54 Å². The second-order valence-corrected chi connectivity index (χ2v) is 5.82. The summed E-state index contributed by atoms with van der Waals surface area (Å²) in [7, 11) is -3.42. The molecule has 0 heterocycles. The number of alkyl halides is 3. The van der Waals surface area contributed by atoms with E-state index < -0.39 is 59.8 Å². The van der Waals surface area contributed by atoms with E-state index in [1.807, 2.05) is 0 Å². The Bertz CT molecular complexity index is 447. The largest absolute Gasteiger partial charge is 0.481 e. The van der Waals surface area contributed by atoms with Crippen molar-refractivity contribution < 1.29 is 41.0 Å². The molecule has 0 aliphatic heterocycles. The van der Waals surface area contributed by atoms with Gasteiger partial charge in [-0.15, -0.1) is 0 Å². The Kier molecular flexibility index (Phi) is 6.92. The summed E-state index contributed by atoms with van der Waals surface area (Å²) in [5, 5.41) is 8.37. The lowest BCUT2D eigenvalue weighted by atomic mass is 10.4. The number of carboxylic acids is 1. The molecular formula is C9H14F3NO6S. The molecule has 0 spiro atoms. The summed E-state index contributed by atoms with van der Waals surface area (Å²) in [6, 6.07) is 0. The first kappa shape index (κ1) is 18.6. The maximum Gasteiger partial charge on any atom is 0.402 e. The van der Waals surface area contributed by atoms with Crippen LogP contribution in [0.5, 0.6) is 0 Å². The van der Waals surface area contributed by atoms with Gasteiger partial charge in [-0.05, 0) is 0 Å². The molecule has 0 aromatic heterocycles. The zero-order valence-corrected chi connectivity index (χ0v) is 11.3. The van der Waals surface area contributed by atoms with Crippen LogP contribution in [0.15, 0.2) is 0 Å². The smallest absolute Gasteiger partial charge is 0.402 e. The number of aliphatic carboxylic acids is 1. The summed E-state index contributed by atoms with van der Waals surface area (Å²) >= 11 is 0. The fraction of sp³-hybridized carbons (Fsp3) is 0.778. The molecule has 0 rings (SSSR count). The van der Waals surface area contributed by atoms with Gasteiger partial charge in [-0.3, -0.25) is 9.59 Å². The molecule has 118 valence electrons. The van der Waals surface area contributed by atoms with Crippen molar-refractivity contribution in [1.82, 2.24) is 4.31 Å². The maximum absolute atomic E-state index is 12.3. The van der Waals surface area contributed by atoms with Gasteiger partial charge in [-0.2, -0.15) is 17.5 Å². The Hall–Kier alpha value is -1.36. The van der Waals surface area contributed by atoms with Gasteiger partial charge < -0.3 is 9.84 Å².